The van der Waals surface area contributed by atoms with Crippen molar-refractivity contribution in [3.8, 4) is 28.3 Å². The normalized spacial score (nSPS) is 12.4. The maximum Gasteiger partial charge on any atom is 0.235 e. The molecule has 0 N–H and O–H groups in total. The average Bonchev–Trinajstić information content (AvgIpc) is 3.35. The predicted octanol–water partition coefficient (Wildman–Crippen LogP) is 9.68. The van der Waals surface area contributed by atoms with E-state index < -0.39 is 0 Å². The molecule has 0 saturated carbocycles. The lowest BCUT2D eigenvalue weighted by atomic mass is 9.96. The maximum atomic E-state index is 5.30. The number of hydrogen-bond donors (Lipinski definition) is 0. The Bertz CT molecular complexity index is 2300. The molecule has 2 aromatic heterocycles. The van der Waals surface area contributed by atoms with Gasteiger partial charge in [-0.1, -0.05) is 115 Å². The van der Waals surface area contributed by atoms with Crippen molar-refractivity contribution in [3.63, 3.8) is 0 Å². The molecule has 40 heavy (non-hydrogen) atoms. The highest BCUT2D eigenvalue weighted by Gasteiger charge is 2.26. The first-order valence-electron chi connectivity index (χ1n) is 13.4. The second kappa shape index (κ2) is 8.28. The van der Waals surface area contributed by atoms with Crippen molar-refractivity contribution < 1.29 is 0 Å². The fraction of sp³-hybridized carbons (Fsp3) is 0. The van der Waals surface area contributed by atoms with E-state index in [0.717, 1.165) is 33.2 Å². The second-order valence-corrected chi connectivity index (χ2v) is 11.3. The van der Waals surface area contributed by atoms with Gasteiger partial charge >= 0.3 is 0 Å². The van der Waals surface area contributed by atoms with Gasteiger partial charge < -0.3 is 0 Å². The van der Waals surface area contributed by atoms with Gasteiger partial charge in [-0.3, -0.25) is 4.57 Å². The molecule has 0 bridgehead atoms. The van der Waals surface area contributed by atoms with E-state index in [1.807, 2.05) is 17.8 Å². The molecule has 3 heterocycles. The first-order chi connectivity index (χ1) is 19.8. The highest BCUT2D eigenvalue weighted by atomic mass is 32.2. The predicted molar refractivity (Wildman–Crippen MR) is 166 cm³/mol. The molecule has 0 fully saturated rings. The van der Waals surface area contributed by atoms with Gasteiger partial charge in [-0.15, -0.1) is 0 Å². The zero-order chi connectivity index (χ0) is 26.2. The standard InChI is InChI=1S/C36H21N3S/c1-2-11-22(12-3-1)33-27-16-4-7-18-29(27)37-36(38-33)39-30-19-8-5-14-24(30)28-21-23-13-10-17-26-25-15-6-9-20-31(25)40-35(32(23)26)34(28)39/h1-21H. The molecule has 3 nitrogen and oxygen atoms in total. The zero-order valence-corrected chi connectivity index (χ0v) is 22.2. The third-order valence-corrected chi connectivity index (χ3v) is 9.16. The third kappa shape index (κ3) is 3.02. The number of fused-ring (bicyclic) bond motifs is 7. The summed E-state index contributed by atoms with van der Waals surface area (Å²) in [5.74, 6) is 0.691. The molecular formula is C36H21N3S. The lowest BCUT2D eigenvalue weighted by Gasteiger charge is -2.22. The maximum absolute atomic E-state index is 5.30. The Morgan fingerprint density at radius 2 is 1.32 bits per heavy atom. The van der Waals surface area contributed by atoms with Gasteiger partial charge in [0, 0.05) is 36.9 Å². The summed E-state index contributed by atoms with van der Waals surface area (Å²) in [5, 5.41) is 6.04. The van der Waals surface area contributed by atoms with E-state index in [0.29, 0.717) is 5.95 Å². The monoisotopic (exact) mass is 527 g/mol. The van der Waals surface area contributed by atoms with Crippen molar-refractivity contribution in [2.45, 2.75) is 9.79 Å². The molecule has 1 aliphatic heterocycles. The van der Waals surface area contributed by atoms with Gasteiger partial charge in [0.2, 0.25) is 5.95 Å². The molecule has 8 aromatic rings. The number of nitrogens with zero attached hydrogens (tertiary/aromatic N) is 3. The highest BCUT2D eigenvalue weighted by Crippen LogP contribution is 2.52. The van der Waals surface area contributed by atoms with E-state index in [2.05, 4.69) is 126 Å². The summed E-state index contributed by atoms with van der Waals surface area (Å²) in [6, 6.07) is 45.1. The van der Waals surface area contributed by atoms with Crippen LogP contribution in [-0.4, -0.2) is 14.5 Å². The molecule has 9 rings (SSSR count). The minimum absolute atomic E-state index is 0.691. The van der Waals surface area contributed by atoms with Crippen LogP contribution in [-0.2, 0) is 0 Å². The molecule has 0 atom stereocenters. The van der Waals surface area contributed by atoms with Crippen molar-refractivity contribution in [2.24, 2.45) is 0 Å². The number of para-hydroxylation sites is 2. The Morgan fingerprint density at radius 3 is 2.25 bits per heavy atom. The van der Waals surface area contributed by atoms with E-state index in [-0.39, 0.29) is 0 Å². The molecule has 0 amide bonds. The van der Waals surface area contributed by atoms with E-state index in [1.165, 1.54) is 42.5 Å². The van der Waals surface area contributed by atoms with Gasteiger partial charge in [0.25, 0.3) is 0 Å². The first-order valence-corrected chi connectivity index (χ1v) is 14.3. The van der Waals surface area contributed by atoms with Gasteiger partial charge in [0.15, 0.2) is 0 Å². The van der Waals surface area contributed by atoms with Crippen LogP contribution in [0.3, 0.4) is 0 Å². The largest absolute Gasteiger partial charge is 0.277 e. The molecular weight excluding hydrogens is 506 g/mol. The number of hydrogen-bond acceptors (Lipinski definition) is 3. The van der Waals surface area contributed by atoms with E-state index in [1.54, 1.807) is 0 Å². The van der Waals surface area contributed by atoms with Crippen LogP contribution in [0.4, 0.5) is 0 Å². The van der Waals surface area contributed by atoms with Gasteiger partial charge in [-0.05, 0) is 40.8 Å². The summed E-state index contributed by atoms with van der Waals surface area (Å²) in [6.07, 6.45) is 0. The van der Waals surface area contributed by atoms with Crippen LogP contribution < -0.4 is 0 Å². The number of rotatable bonds is 2. The summed E-state index contributed by atoms with van der Waals surface area (Å²) in [6.45, 7) is 0. The topological polar surface area (TPSA) is 30.7 Å². The first kappa shape index (κ1) is 21.9. The molecule has 0 unspecified atom stereocenters. The molecule has 0 radical (unpaired) electrons. The molecule has 6 aromatic carbocycles. The molecule has 0 aliphatic carbocycles. The minimum Gasteiger partial charge on any atom is -0.277 e. The van der Waals surface area contributed by atoms with Crippen LogP contribution in [0, 0.1) is 0 Å². The fourth-order valence-corrected chi connectivity index (χ4v) is 7.53. The molecule has 0 saturated heterocycles. The summed E-state index contributed by atoms with van der Waals surface area (Å²) >= 11 is 1.86. The van der Waals surface area contributed by atoms with Crippen molar-refractivity contribution >= 4 is 55.2 Å². The molecule has 4 heteroatoms. The number of benzene rings is 6. The Kier molecular flexibility index (Phi) is 4.54. The lowest BCUT2D eigenvalue weighted by Crippen LogP contribution is -2.04. The summed E-state index contributed by atoms with van der Waals surface area (Å²) < 4.78 is 2.29. The Hall–Kier alpha value is -4.93. The smallest absolute Gasteiger partial charge is 0.235 e. The van der Waals surface area contributed by atoms with Crippen molar-refractivity contribution in [1.82, 2.24) is 14.5 Å². The van der Waals surface area contributed by atoms with Crippen molar-refractivity contribution in [3.05, 3.63) is 127 Å². The average molecular weight is 528 g/mol. The fourth-order valence-electron chi connectivity index (χ4n) is 6.25. The minimum atomic E-state index is 0.691. The molecule has 186 valence electrons. The van der Waals surface area contributed by atoms with Gasteiger partial charge in [0.05, 0.1) is 22.2 Å². The van der Waals surface area contributed by atoms with Crippen LogP contribution in [0.2, 0.25) is 0 Å². The van der Waals surface area contributed by atoms with E-state index >= 15 is 0 Å². The second-order valence-electron chi connectivity index (χ2n) is 10.2. The summed E-state index contributed by atoms with van der Waals surface area (Å²) in [5.41, 5.74) is 7.81. The molecule has 0 spiro atoms. The zero-order valence-electron chi connectivity index (χ0n) is 21.4. The summed E-state index contributed by atoms with van der Waals surface area (Å²) in [7, 11) is 0. The van der Waals surface area contributed by atoms with E-state index in [4.69, 9.17) is 9.97 Å². The van der Waals surface area contributed by atoms with Crippen LogP contribution in [0.1, 0.15) is 0 Å². The van der Waals surface area contributed by atoms with E-state index in [9.17, 15) is 0 Å². The van der Waals surface area contributed by atoms with Crippen molar-refractivity contribution in [2.75, 3.05) is 0 Å². The third-order valence-electron chi connectivity index (χ3n) is 7.98. The Morgan fingerprint density at radius 1 is 0.575 bits per heavy atom. The van der Waals surface area contributed by atoms with Crippen LogP contribution >= 0.6 is 11.8 Å². The van der Waals surface area contributed by atoms with Crippen LogP contribution in [0.5, 0.6) is 0 Å². The lowest BCUT2D eigenvalue weighted by molar-refractivity contribution is 1.01. The van der Waals surface area contributed by atoms with Crippen LogP contribution in [0.25, 0.3) is 71.8 Å². The van der Waals surface area contributed by atoms with Crippen LogP contribution in [0.15, 0.2) is 137 Å². The quantitative estimate of drug-likeness (QED) is 0.224. The van der Waals surface area contributed by atoms with Gasteiger partial charge in [0.1, 0.15) is 0 Å². The Balaban J connectivity index is 1.47. The number of aromatic nitrogens is 3. The Labute approximate surface area is 234 Å². The highest BCUT2D eigenvalue weighted by molar-refractivity contribution is 8.00. The van der Waals surface area contributed by atoms with Gasteiger partial charge in [-0.2, -0.15) is 0 Å². The summed E-state index contributed by atoms with van der Waals surface area (Å²) in [4.78, 5) is 13.0. The molecule has 1 aliphatic rings. The van der Waals surface area contributed by atoms with Gasteiger partial charge in [-0.25, -0.2) is 9.97 Å². The SMILES string of the molecule is c1ccc(-c2nc(-n3c4ccccc4c4cc5cccc6c5c(c43)Sc3ccccc3-6)nc3ccccc23)cc1. The van der Waals surface area contributed by atoms with Crippen molar-refractivity contribution in [1.29, 1.82) is 0 Å².